The van der Waals surface area contributed by atoms with Crippen LogP contribution >= 0.6 is 0 Å². The van der Waals surface area contributed by atoms with Gasteiger partial charge in [0.25, 0.3) is 5.91 Å². The Hall–Kier alpha value is -2.49. The molecule has 0 radical (unpaired) electrons. The van der Waals surface area contributed by atoms with E-state index in [1.807, 2.05) is 18.2 Å². The van der Waals surface area contributed by atoms with Crippen molar-refractivity contribution < 1.29 is 4.79 Å². The van der Waals surface area contributed by atoms with Crippen molar-refractivity contribution in [2.45, 2.75) is 19.6 Å². The molecule has 0 aromatic heterocycles. The summed E-state index contributed by atoms with van der Waals surface area (Å²) in [6.45, 7) is 2.70. The van der Waals surface area contributed by atoms with Crippen LogP contribution in [0, 0.1) is 6.92 Å². The van der Waals surface area contributed by atoms with E-state index < -0.39 is 0 Å². The fraction of sp³-hybridized carbons (Fsp3) is 0.188. The largest absolute Gasteiger partial charge is 0.360 e. The van der Waals surface area contributed by atoms with Gasteiger partial charge in [-0.25, -0.2) is 0 Å². The molecule has 3 N–H and O–H groups in total. The lowest BCUT2D eigenvalue weighted by Crippen LogP contribution is -2.15. The molecule has 1 unspecified atom stereocenters. The lowest BCUT2D eigenvalue weighted by molar-refractivity contribution is 0.0966. The van der Waals surface area contributed by atoms with E-state index in [1.54, 1.807) is 0 Å². The molecule has 0 bridgehead atoms. The number of para-hydroxylation sites is 1. The number of hydrogen-bond donors (Lipinski definition) is 3. The normalized spacial score (nSPS) is 18.9. The zero-order chi connectivity index (χ0) is 13.7. The van der Waals surface area contributed by atoms with E-state index in [9.17, 15) is 4.79 Å². The maximum absolute atomic E-state index is 11.8. The first-order chi connectivity index (χ1) is 9.74. The van der Waals surface area contributed by atoms with Gasteiger partial charge in [-0.1, -0.05) is 24.3 Å². The Bertz CT molecular complexity index is 724. The molecule has 0 saturated carbocycles. The van der Waals surface area contributed by atoms with Gasteiger partial charge >= 0.3 is 0 Å². The fourth-order valence-corrected chi connectivity index (χ4v) is 3.02. The third kappa shape index (κ3) is 1.51. The van der Waals surface area contributed by atoms with Gasteiger partial charge in [0.1, 0.15) is 6.17 Å². The Kier molecular flexibility index (Phi) is 2.27. The first-order valence-electron chi connectivity index (χ1n) is 6.77. The van der Waals surface area contributed by atoms with Gasteiger partial charge in [0, 0.05) is 17.7 Å². The highest BCUT2D eigenvalue weighted by Crippen LogP contribution is 2.39. The van der Waals surface area contributed by atoms with E-state index in [0.717, 1.165) is 28.1 Å². The van der Waals surface area contributed by atoms with Gasteiger partial charge in [-0.3, -0.25) is 4.79 Å². The predicted octanol–water partition coefficient (Wildman–Crippen LogP) is 2.77. The van der Waals surface area contributed by atoms with Gasteiger partial charge in [0.05, 0.1) is 11.4 Å². The van der Waals surface area contributed by atoms with Crippen molar-refractivity contribution in [3.63, 3.8) is 0 Å². The first-order valence-corrected chi connectivity index (χ1v) is 6.77. The van der Waals surface area contributed by atoms with E-state index in [-0.39, 0.29) is 12.1 Å². The van der Waals surface area contributed by atoms with Crippen LogP contribution < -0.4 is 16.0 Å². The fourth-order valence-electron chi connectivity index (χ4n) is 3.02. The van der Waals surface area contributed by atoms with Crippen LogP contribution in [0.3, 0.4) is 0 Å². The molecule has 0 aliphatic carbocycles. The predicted molar refractivity (Wildman–Crippen MR) is 78.8 cm³/mol. The highest BCUT2D eigenvalue weighted by Gasteiger charge is 2.28. The van der Waals surface area contributed by atoms with Crippen molar-refractivity contribution in [1.82, 2.24) is 5.32 Å². The summed E-state index contributed by atoms with van der Waals surface area (Å²) in [7, 11) is 0. The highest BCUT2D eigenvalue weighted by atomic mass is 16.1. The number of carbonyl (C=O) groups excluding carboxylic acids is 1. The molecule has 20 heavy (non-hydrogen) atoms. The summed E-state index contributed by atoms with van der Waals surface area (Å²) in [6.07, 6.45) is 0.0220. The van der Waals surface area contributed by atoms with Crippen molar-refractivity contribution in [2.24, 2.45) is 0 Å². The van der Waals surface area contributed by atoms with Crippen LogP contribution in [0.5, 0.6) is 0 Å². The lowest BCUT2D eigenvalue weighted by atomic mass is 10.0. The molecule has 4 nitrogen and oxygen atoms in total. The second kappa shape index (κ2) is 4.00. The summed E-state index contributed by atoms with van der Waals surface area (Å²) in [5, 5.41) is 9.89. The number of aryl methyl sites for hydroxylation is 1. The van der Waals surface area contributed by atoms with Crippen molar-refractivity contribution in [2.75, 3.05) is 10.6 Å². The summed E-state index contributed by atoms with van der Waals surface area (Å²) in [6, 6.07) is 12.1. The molecule has 2 aliphatic heterocycles. The molecule has 4 rings (SSSR count). The maximum Gasteiger partial charge on any atom is 0.251 e. The maximum atomic E-state index is 11.8. The Morgan fingerprint density at radius 3 is 2.80 bits per heavy atom. The van der Waals surface area contributed by atoms with Crippen LogP contribution in [0.2, 0.25) is 0 Å². The second-order valence-electron chi connectivity index (χ2n) is 5.28. The van der Waals surface area contributed by atoms with Crippen LogP contribution in [-0.2, 0) is 6.54 Å². The minimum atomic E-state index is 0.0218. The summed E-state index contributed by atoms with van der Waals surface area (Å²) in [5.74, 6) is 0.0218. The number of hydrogen-bond acceptors (Lipinski definition) is 3. The second-order valence-corrected chi connectivity index (χ2v) is 5.28. The number of benzene rings is 2. The molecule has 2 heterocycles. The Labute approximate surface area is 117 Å². The molecule has 0 saturated heterocycles. The van der Waals surface area contributed by atoms with Crippen molar-refractivity contribution in [3.8, 4) is 0 Å². The van der Waals surface area contributed by atoms with Crippen LogP contribution in [0.4, 0.5) is 11.4 Å². The number of anilines is 2. The topological polar surface area (TPSA) is 53.2 Å². The molecule has 2 aliphatic rings. The lowest BCUT2D eigenvalue weighted by Gasteiger charge is -2.16. The summed E-state index contributed by atoms with van der Waals surface area (Å²) in [5.41, 5.74) is 6.50. The first kappa shape index (κ1) is 11.3. The standard InChI is InChI=1S/C16H15N3O/c1-9-4-2-7-13-14(9)19-15(18-13)10-5-3-6-11-12(10)8-17-16(11)20/h2-7,15,18-19H,8H2,1H3,(H,17,20). The molecular weight excluding hydrogens is 250 g/mol. The van der Waals surface area contributed by atoms with E-state index in [0.29, 0.717) is 6.54 Å². The molecular formula is C16H15N3O. The molecule has 0 fully saturated rings. The molecule has 0 spiro atoms. The molecule has 4 heteroatoms. The van der Waals surface area contributed by atoms with Crippen LogP contribution in [-0.4, -0.2) is 5.91 Å². The van der Waals surface area contributed by atoms with Gasteiger partial charge in [0.15, 0.2) is 0 Å². The van der Waals surface area contributed by atoms with Crippen LogP contribution in [0.15, 0.2) is 36.4 Å². The quantitative estimate of drug-likeness (QED) is 0.743. The Balaban J connectivity index is 1.76. The Morgan fingerprint density at radius 1 is 1.10 bits per heavy atom. The van der Waals surface area contributed by atoms with E-state index >= 15 is 0 Å². The summed E-state index contributed by atoms with van der Waals surface area (Å²) < 4.78 is 0. The zero-order valence-electron chi connectivity index (χ0n) is 11.2. The number of rotatable bonds is 1. The van der Waals surface area contributed by atoms with E-state index in [4.69, 9.17) is 0 Å². The van der Waals surface area contributed by atoms with E-state index in [1.165, 1.54) is 5.56 Å². The third-order valence-corrected chi connectivity index (χ3v) is 4.05. The molecule has 100 valence electrons. The van der Waals surface area contributed by atoms with Gasteiger partial charge < -0.3 is 16.0 Å². The minimum absolute atomic E-state index is 0.0218. The minimum Gasteiger partial charge on any atom is -0.360 e. The monoisotopic (exact) mass is 265 g/mol. The average Bonchev–Trinajstić information content (AvgIpc) is 3.04. The van der Waals surface area contributed by atoms with Crippen molar-refractivity contribution in [3.05, 3.63) is 58.7 Å². The van der Waals surface area contributed by atoms with Crippen LogP contribution in [0.25, 0.3) is 0 Å². The van der Waals surface area contributed by atoms with Gasteiger partial charge in [-0.15, -0.1) is 0 Å². The average molecular weight is 265 g/mol. The van der Waals surface area contributed by atoms with Gasteiger partial charge in [0.2, 0.25) is 0 Å². The van der Waals surface area contributed by atoms with Gasteiger partial charge in [-0.2, -0.15) is 0 Å². The SMILES string of the molecule is Cc1cccc2c1NC(c1cccc3c1CNC3=O)N2. The highest BCUT2D eigenvalue weighted by molar-refractivity contribution is 5.98. The smallest absolute Gasteiger partial charge is 0.251 e. The summed E-state index contributed by atoms with van der Waals surface area (Å²) in [4.78, 5) is 11.8. The van der Waals surface area contributed by atoms with Crippen LogP contribution in [0.1, 0.15) is 33.2 Å². The molecule has 1 amide bonds. The molecule has 2 aromatic carbocycles. The number of carbonyl (C=O) groups is 1. The van der Waals surface area contributed by atoms with Crippen molar-refractivity contribution >= 4 is 17.3 Å². The number of nitrogens with one attached hydrogen (secondary N) is 3. The van der Waals surface area contributed by atoms with E-state index in [2.05, 4.69) is 41.1 Å². The molecule has 2 aromatic rings. The third-order valence-electron chi connectivity index (χ3n) is 4.05. The zero-order valence-corrected chi connectivity index (χ0v) is 11.2. The van der Waals surface area contributed by atoms with Crippen molar-refractivity contribution in [1.29, 1.82) is 0 Å². The van der Waals surface area contributed by atoms with Gasteiger partial charge in [-0.05, 0) is 30.2 Å². The molecule has 1 atom stereocenters. The summed E-state index contributed by atoms with van der Waals surface area (Å²) >= 11 is 0. The Morgan fingerprint density at radius 2 is 1.95 bits per heavy atom. The number of fused-ring (bicyclic) bond motifs is 2. The number of amides is 1.